The van der Waals surface area contributed by atoms with E-state index in [2.05, 4.69) is 27.6 Å². The van der Waals surface area contributed by atoms with Gasteiger partial charge in [0.2, 0.25) is 5.96 Å². The number of amides is 1. The number of hydrogen-bond donors (Lipinski definition) is 2. The Hall–Kier alpha value is -3.48. The van der Waals surface area contributed by atoms with Crippen LogP contribution >= 0.6 is 0 Å². The molecule has 0 aliphatic rings. The number of halogens is 1. The second-order valence-corrected chi connectivity index (χ2v) is 7.96. The van der Waals surface area contributed by atoms with E-state index in [4.69, 9.17) is 0 Å². The van der Waals surface area contributed by atoms with Gasteiger partial charge >= 0.3 is 0 Å². The van der Waals surface area contributed by atoms with Crippen molar-refractivity contribution in [2.24, 2.45) is 4.99 Å². The van der Waals surface area contributed by atoms with E-state index >= 15 is 0 Å². The molecule has 6 nitrogen and oxygen atoms in total. The van der Waals surface area contributed by atoms with Gasteiger partial charge in [-0.05, 0) is 69.0 Å². The van der Waals surface area contributed by atoms with Crippen molar-refractivity contribution >= 4 is 17.6 Å². The van der Waals surface area contributed by atoms with E-state index in [1.165, 1.54) is 6.07 Å². The van der Waals surface area contributed by atoms with Crippen LogP contribution < -0.4 is 10.6 Å². The number of anilines is 1. The molecular weight excluding hydrogens is 405 g/mol. The number of nitrogens with zero attached hydrogens (tertiary/aromatic N) is 3. The molecule has 0 atom stereocenters. The van der Waals surface area contributed by atoms with Crippen LogP contribution in [0.15, 0.2) is 47.6 Å². The minimum Gasteiger partial charge on any atom is -0.326 e. The summed E-state index contributed by atoms with van der Waals surface area (Å²) in [7, 11) is 0. The van der Waals surface area contributed by atoms with Crippen LogP contribution in [0.5, 0.6) is 0 Å². The Balaban J connectivity index is 1.87. The van der Waals surface area contributed by atoms with Gasteiger partial charge < -0.3 is 5.32 Å². The third kappa shape index (κ3) is 5.60. The van der Waals surface area contributed by atoms with Gasteiger partial charge in [-0.1, -0.05) is 25.1 Å². The van der Waals surface area contributed by atoms with Crippen LogP contribution in [0.3, 0.4) is 0 Å². The molecule has 0 saturated carbocycles. The Bertz CT molecular complexity index is 1150. The first-order valence-electron chi connectivity index (χ1n) is 10.8. The molecule has 0 fully saturated rings. The van der Waals surface area contributed by atoms with Crippen LogP contribution in [-0.4, -0.2) is 21.6 Å². The van der Waals surface area contributed by atoms with E-state index < -0.39 is 11.7 Å². The molecular formula is C25H30FN5O. The molecule has 168 valence electrons. The van der Waals surface area contributed by atoms with E-state index in [1.807, 2.05) is 49.8 Å². The van der Waals surface area contributed by atoms with Crippen molar-refractivity contribution in [1.29, 1.82) is 0 Å². The fourth-order valence-electron chi connectivity index (χ4n) is 3.26. The highest BCUT2D eigenvalue weighted by molar-refractivity contribution is 6.10. The van der Waals surface area contributed by atoms with Crippen molar-refractivity contribution in [2.45, 2.75) is 54.1 Å². The average molecular weight is 436 g/mol. The van der Waals surface area contributed by atoms with Crippen molar-refractivity contribution in [3.8, 4) is 0 Å². The number of carbonyl (C=O) groups is 1. The first-order chi connectivity index (χ1) is 15.3. The normalized spacial score (nSPS) is 11.5. The maximum atomic E-state index is 14.0. The fourth-order valence-corrected chi connectivity index (χ4v) is 3.26. The van der Waals surface area contributed by atoms with Gasteiger partial charge in [-0.15, -0.1) is 0 Å². The largest absolute Gasteiger partial charge is 0.326 e. The second-order valence-electron chi connectivity index (χ2n) is 7.96. The van der Waals surface area contributed by atoms with Gasteiger partial charge in [-0.3, -0.25) is 14.8 Å². The SMILES string of the molecule is CCCn1cc(CN=C(NC(=O)c2ccc(C)c(F)c2)Nc2cccc(C)c2C)c(C)n1. The van der Waals surface area contributed by atoms with Crippen LogP contribution in [0.1, 0.15) is 51.7 Å². The summed E-state index contributed by atoms with van der Waals surface area (Å²) in [5.74, 6) is -0.552. The van der Waals surface area contributed by atoms with Crippen LogP contribution in [0, 0.1) is 33.5 Å². The summed E-state index contributed by atoms with van der Waals surface area (Å²) in [5, 5.41) is 10.5. The highest BCUT2D eigenvalue weighted by atomic mass is 19.1. The van der Waals surface area contributed by atoms with Crippen LogP contribution in [0.2, 0.25) is 0 Å². The molecule has 0 unspecified atom stereocenters. The standard InChI is InChI=1S/C25H30FN5O/c1-6-12-31-15-21(19(5)30-31)14-27-25(28-23-9-7-8-16(2)18(23)4)29-24(32)20-11-10-17(3)22(26)13-20/h7-11,13,15H,6,12,14H2,1-5H3,(H2,27,28,29,32). The number of hydrogen-bond acceptors (Lipinski definition) is 3. The quantitative estimate of drug-likeness (QED) is 0.420. The predicted molar refractivity (Wildman–Crippen MR) is 127 cm³/mol. The third-order valence-electron chi connectivity index (χ3n) is 5.43. The lowest BCUT2D eigenvalue weighted by molar-refractivity contribution is 0.0976. The summed E-state index contributed by atoms with van der Waals surface area (Å²) >= 11 is 0. The number of carbonyl (C=O) groups excluding carboxylic acids is 1. The van der Waals surface area contributed by atoms with E-state index in [0.29, 0.717) is 18.1 Å². The summed E-state index contributed by atoms with van der Waals surface area (Å²) in [6, 6.07) is 10.3. The number of aliphatic imine (C=N–C) groups is 1. The van der Waals surface area contributed by atoms with Crippen molar-refractivity contribution < 1.29 is 9.18 Å². The van der Waals surface area contributed by atoms with Gasteiger partial charge in [0.15, 0.2) is 0 Å². The first kappa shape index (κ1) is 23.2. The Morgan fingerprint density at radius 1 is 1.12 bits per heavy atom. The summed E-state index contributed by atoms with van der Waals surface area (Å²) in [6.07, 6.45) is 2.97. The molecule has 0 bridgehead atoms. The summed E-state index contributed by atoms with van der Waals surface area (Å²) in [6.45, 7) is 10.9. The molecule has 0 spiro atoms. The maximum absolute atomic E-state index is 14.0. The Morgan fingerprint density at radius 3 is 2.62 bits per heavy atom. The lowest BCUT2D eigenvalue weighted by Crippen LogP contribution is -2.36. The third-order valence-corrected chi connectivity index (χ3v) is 5.43. The maximum Gasteiger partial charge on any atom is 0.258 e. The summed E-state index contributed by atoms with van der Waals surface area (Å²) in [5.41, 5.74) is 5.63. The molecule has 2 aromatic carbocycles. The minimum atomic E-state index is -0.432. The minimum absolute atomic E-state index is 0.232. The first-order valence-corrected chi connectivity index (χ1v) is 10.8. The Kier molecular flexibility index (Phi) is 7.41. The molecule has 1 aromatic heterocycles. The summed E-state index contributed by atoms with van der Waals surface area (Å²) in [4.78, 5) is 17.4. The number of benzene rings is 2. The van der Waals surface area contributed by atoms with Crippen molar-refractivity contribution in [3.05, 3.63) is 81.9 Å². The molecule has 0 radical (unpaired) electrons. The van der Waals surface area contributed by atoms with Crippen molar-refractivity contribution in [3.63, 3.8) is 0 Å². The molecule has 32 heavy (non-hydrogen) atoms. The molecule has 3 rings (SSSR count). The smallest absolute Gasteiger partial charge is 0.258 e. The molecule has 1 amide bonds. The topological polar surface area (TPSA) is 71.3 Å². The molecule has 0 aliphatic heterocycles. The highest BCUT2D eigenvalue weighted by Crippen LogP contribution is 2.18. The predicted octanol–water partition coefficient (Wildman–Crippen LogP) is 5.06. The zero-order valence-electron chi connectivity index (χ0n) is 19.3. The summed E-state index contributed by atoms with van der Waals surface area (Å²) < 4.78 is 15.9. The molecule has 0 saturated heterocycles. The van der Waals surface area contributed by atoms with Gasteiger partial charge in [0.1, 0.15) is 5.82 Å². The van der Waals surface area contributed by atoms with Crippen molar-refractivity contribution in [2.75, 3.05) is 5.32 Å². The molecule has 7 heteroatoms. The molecule has 2 N–H and O–H groups in total. The van der Waals surface area contributed by atoms with Crippen LogP contribution in [-0.2, 0) is 13.1 Å². The lowest BCUT2D eigenvalue weighted by atomic mass is 10.1. The van der Waals surface area contributed by atoms with Gasteiger partial charge in [-0.25, -0.2) is 9.38 Å². The van der Waals surface area contributed by atoms with Crippen LogP contribution in [0.4, 0.5) is 10.1 Å². The van der Waals surface area contributed by atoms with Crippen LogP contribution in [0.25, 0.3) is 0 Å². The number of rotatable bonds is 6. The zero-order chi connectivity index (χ0) is 23.3. The second kappa shape index (κ2) is 10.2. The zero-order valence-corrected chi connectivity index (χ0v) is 19.3. The molecule has 3 aromatic rings. The number of nitrogens with one attached hydrogen (secondary N) is 2. The molecule has 1 heterocycles. The average Bonchev–Trinajstić information content (AvgIpc) is 3.10. The van der Waals surface area contributed by atoms with E-state index in [9.17, 15) is 9.18 Å². The van der Waals surface area contributed by atoms with E-state index in [-0.39, 0.29) is 5.56 Å². The number of guanidine groups is 1. The Labute approximate surface area is 188 Å². The molecule has 0 aliphatic carbocycles. The Morgan fingerprint density at radius 2 is 1.91 bits per heavy atom. The highest BCUT2D eigenvalue weighted by Gasteiger charge is 2.13. The van der Waals surface area contributed by atoms with E-state index in [1.54, 1.807) is 19.1 Å². The van der Waals surface area contributed by atoms with Gasteiger partial charge in [0.25, 0.3) is 5.91 Å². The van der Waals surface area contributed by atoms with Gasteiger partial charge in [-0.2, -0.15) is 5.10 Å². The number of aromatic nitrogens is 2. The van der Waals surface area contributed by atoms with Gasteiger partial charge in [0.05, 0.1) is 12.2 Å². The van der Waals surface area contributed by atoms with Gasteiger partial charge in [0, 0.05) is 29.6 Å². The lowest BCUT2D eigenvalue weighted by Gasteiger charge is -2.15. The van der Waals surface area contributed by atoms with E-state index in [0.717, 1.165) is 41.0 Å². The monoisotopic (exact) mass is 435 g/mol. The number of aryl methyl sites for hydroxylation is 4. The van der Waals surface area contributed by atoms with Crippen molar-refractivity contribution in [1.82, 2.24) is 15.1 Å². The fraction of sp³-hybridized carbons (Fsp3) is 0.320.